The molecule has 2 N–H and O–H groups in total. The molecule has 2 aromatic heterocycles. The van der Waals surface area contributed by atoms with Crippen molar-refractivity contribution in [3.63, 3.8) is 0 Å². The van der Waals surface area contributed by atoms with E-state index in [4.69, 9.17) is 4.42 Å². The fourth-order valence-corrected chi connectivity index (χ4v) is 3.21. The maximum atomic E-state index is 12.2. The molecular weight excluding hydrogens is 345 g/mol. The quantitative estimate of drug-likeness (QED) is 0.878. The summed E-state index contributed by atoms with van der Waals surface area (Å²) in [6.07, 6.45) is 5.17. The zero-order valence-electron chi connectivity index (χ0n) is 12.1. The van der Waals surface area contributed by atoms with E-state index in [9.17, 15) is 4.79 Å². The number of furan rings is 1. The van der Waals surface area contributed by atoms with Crippen molar-refractivity contribution in [1.29, 1.82) is 0 Å². The summed E-state index contributed by atoms with van der Waals surface area (Å²) in [6, 6.07) is 2.53. The Balaban J connectivity index is 0.00000121. The van der Waals surface area contributed by atoms with Crippen LogP contribution in [0, 0.1) is 0 Å². The molecule has 0 spiro atoms. The van der Waals surface area contributed by atoms with Gasteiger partial charge >= 0.3 is 0 Å². The van der Waals surface area contributed by atoms with Gasteiger partial charge in [0.05, 0.1) is 6.26 Å². The predicted octanol–water partition coefficient (Wildman–Crippen LogP) is 3.12. The first-order valence-electron chi connectivity index (χ1n) is 6.74. The number of carbonyl (C=O) groups excluding carboxylic acids is 1. The number of halogens is 2. The summed E-state index contributed by atoms with van der Waals surface area (Å²) in [5, 5.41) is 9.04. The van der Waals surface area contributed by atoms with Crippen molar-refractivity contribution in [1.82, 2.24) is 15.6 Å². The Kier molecular flexibility index (Phi) is 7.35. The molecule has 2 unspecified atom stereocenters. The molecular formula is C14H19Cl2N3O2S. The van der Waals surface area contributed by atoms with E-state index in [2.05, 4.69) is 22.5 Å². The topological polar surface area (TPSA) is 67.2 Å². The summed E-state index contributed by atoms with van der Waals surface area (Å²) in [6.45, 7) is 3.08. The molecule has 0 bridgehead atoms. The average Bonchev–Trinajstić information content (AvgIpc) is 3.10. The lowest BCUT2D eigenvalue weighted by molar-refractivity contribution is 0.0921. The average molecular weight is 364 g/mol. The van der Waals surface area contributed by atoms with Crippen LogP contribution >= 0.6 is 36.2 Å². The Morgan fingerprint density at radius 3 is 3.00 bits per heavy atom. The highest BCUT2D eigenvalue weighted by molar-refractivity contribution is 7.13. The normalized spacial score (nSPS) is 20.6. The zero-order chi connectivity index (χ0) is 13.9. The molecule has 1 saturated heterocycles. The summed E-state index contributed by atoms with van der Waals surface area (Å²) in [5.74, 6) is -0.0879. The lowest BCUT2D eigenvalue weighted by Crippen LogP contribution is -2.46. The van der Waals surface area contributed by atoms with Crippen LogP contribution in [0.3, 0.4) is 0 Å². The van der Waals surface area contributed by atoms with Crippen LogP contribution in [0.5, 0.6) is 0 Å². The molecule has 2 aromatic rings. The van der Waals surface area contributed by atoms with Gasteiger partial charge in [-0.05, 0) is 32.4 Å². The van der Waals surface area contributed by atoms with Crippen LogP contribution in [0.1, 0.15) is 30.3 Å². The van der Waals surface area contributed by atoms with E-state index in [1.807, 2.05) is 6.07 Å². The number of hydrogen-bond acceptors (Lipinski definition) is 5. The highest BCUT2D eigenvalue weighted by Crippen LogP contribution is 2.24. The van der Waals surface area contributed by atoms with Crippen LogP contribution in [0.2, 0.25) is 0 Å². The first-order chi connectivity index (χ1) is 9.72. The van der Waals surface area contributed by atoms with Crippen molar-refractivity contribution in [2.24, 2.45) is 0 Å². The number of nitrogens with zero attached hydrogens (tertiary/aromatic N) is 1. The van der Waals surface area contributed by atoms with Gasteiger partial charge in [-0.15, -0.1) is 36.2 Å². The Morgan fingerprint density at radius 1 is 1.50 bits per heavy atom. The van der Waals surface area contributed by atoms with Crippen molar-refractivity contribution in [2.45, 2.75) is 31.8 Å². The molecule has 0 saturated carbocycles. The smallest absolute Gasteiger partial charge is 0.270 e. The molecule has 1 amide bonds. The number of nitrogens with one attached hydrogen (secondary N) is 2. The second-order valence-corrected chi connectivity index (χ2v) is 5.96. The van der Waals surface area contributed by atoms with Gasteiger partial charge in [0.15, 0.2) is 0 Å². The zero-order valence-corrected chi connectivity index (χ0v) is 14.5. The van der Waals surface area contributed by atoms with Crippen molar-refractivity contribution < 1.29 is 9.21 Å². The summed E-state index contributed by atoms with van der Waals surface area (Å²) in [5.41, 5.74) is 1.39. The number of piperidine rings is 1. The van der Waals surface area contributed by atoms with Crippen LogP contribution in [0.4, 0.5) is 0 Å². The number of thiazole rings is 1. The number of amides is 1. The summed E-state index contributed by atoms with van der Waals surface area (Å²) < 4.78 is 5.03. The fourth-order valence-electron chi connectivity index (χ4n) is 2.42. The van der Waals surface area contributed by atoms with E-state index in [1.54, 1.807) is 17.9 Å². The van der Waals surface area contributed by atoms with E-state index in [0.717, 1.165) is 30.0 Å². The van der Waals surface area contributed by atoms with Crippen molar-refractivity contribution in [2.75, 3.05) is 6.54 Å². The molecule has 8 heteroatoms. The van der Waals surface area contributed by atoms with Gasteiger partial charge in [-0.2, -0.15) is 0 Å². The molecule has 3 heterocycles. The highest BCUT2D eigenvalue weighted by Gasteiger charge is 2.21. The maximum Gasteiger partial charge on any atom is 0.270 e. The van der Waals surface area contributed by atoms with E-state index in [0.29, 0.717) is 11.7 Å². The Bertz CT molecular complexity index is 589. The second kappa shape index (κ2) is 8.53. The molecule has 5 nitrogen and oxygen atoms in total. The number of hydrogen-bond donors (Lipinski definition) is 2. The molecule has 0 aromatic carbocycles. The number of carbonyl (C=O) groups is 1. The standard InChI is InChI=1S/C14H17N3O2S.2ClH/c1-9-6-11(2-4-15-9)16-13(18)12-8-20-14(17-12)10-3-5-19-7-10;;/h3,5,7-9,11,15H,2,4,6H2,1H3,(H,16,18);2*1H. The molecule has 2 atom stereocenters. The van der Waals surface area contributed by atoms with Gasteiger partial charge in [-0.25, -0.2) is 4.98 Å². The summed E-state index contributed by atoms with van der Waals surface area (Å²) >= 11 is 1.45. The third-order valence-corrected chi connectivity index (χ3v) is 4.36. The van der Waals surface area contributed by atoms with E-state index in [-0.39, 0.29) is 36.8 Å². The molecule has 3 rings (SSSR count). The SMILES string of the molecule is CC1CC(NC(=O)c2csc(-c3ccoc3)n2)CCN1.Cl.Cl. The van der Waals surface area contributed by atoms with Crippen LogP contribution in [-0.2, 0) is 0 Å². The lowest BCUT2D eigenvalue weighted by atomic mass is 10.0. The van der Waals surface area contributed by atoms with Gasteiger partial charge in [0.2, 0.25) is 0 Å². The number of aromatic nitrogens is 1. The first kappa shape index (κ1) is 19.0. The van der Waals surface area contributed by atoms with Crippen molar-refractivity contribution in [3.8, 4) is 10.6 Å². The predicted molar refractivity (Wildman–Crippen MR) is 92.3 cm³/mol. The molecule has 122 valence electrons. The molecule has 1 aliphatic heterocycles. The van der Waals surface area contributed by atoms with Gasteiger partial charge in [0.1, 0.15) is 17.0 Å². The summed E-state index contributed by atoms with van der Waals surface area (Å²) in [7, 11) is 0. The molecule has 22 heavy (non-hydrogen) atoms. The third-order valence-electron chi connectivity index (χ3n) is 3.46. The minimum atomic E-state index is -0.0879. The van der Waals surface area contributed by atoms with Crippen molar-refractivity contribution in [3.05, 3.63) is 29.7 Å². The minimum Gasteiger partial charge on any atom is -0.472 e. The van der Waals surface area contributed by atoms with Gasteiger partial charge in [0, 0.05) is 23.0 Å². The largest absolute Gasteiger partial charge is 0.472 e. The van der Waals surface area contributed by atoms with E-state index < -0.39 is 0 Å². The molecule has 1 aliphatic rings. The second-order valence-electron chi connectivity index (χ2n) is 5.10. The lowest BCUT2D eigenvalue weighted by Gasteiger charge is -2.28. The molecule has 1 fully saturated rings. The fraction of sp³-hybridized carbons (Fsp3) is 0.429. The number of rotatable bonds is 3. The summed E-state index contributed by atoms with van der Waals surface area (Å²) in [4.78, 5) is 16.6. The van der Waals surface area contributed by atoms with Gasteiger partial charge in [0.25, 0.3) is 5.91 Å². The highest BCUT2D eigenvalue weighted by atomic mass is 35.5. The van der Waals surface area contributed by atoms with E-state index >= 15 is 0 Å². The Hall–Kier alpha value is -1.08. The molecule has 0 aliphatic carbocycles. The van der Waals surface area contributed by atoms with Gasteiger partial charge < -0.3 is 15.1 Å². The van der Waals surface area contributed by atoms with Gasteiger partial charge in [-0.1, -0.05) is 0 Å². The Labute approximate surface area is 145 Å². The van der Waals surface area contributed by atoms with Crippen LogP contribution in [-0.4, -0.2) is 29.5 Å². The van der Waals surface area contributed by atoms with Crippen LogP contribution in [0.15, 0.2) is 28.4 Å². The third kappa shape index (κ3) is 4.46. The van der Waals surface area contributed by atoms with Gasteiger partial charge in [-0.3, -0.25) is 4.79 Å². The monoisotopic (exact) mass is 363 g/mol. The Morgan fingerprint density at radius 2 is 2.32 bits per heavy atom. The maximum absolute atomic E-state index is 12.2. The van der Waals surface area contributed by atoms with Crippen LogP contribution in [0.25, 0.3) is 10.6 Å². The van der Waals surface area contributed by atoms with Crippen molar-refractivity contribution >= 4 is 42.1 Å². The van der Waals surface area contributed by atoms with E-state index in [1.165, 1.54) is 11.3 Å². The van der Waals surface area contributed by atoms with Crippen LogP contribution < -0.4 is 10.6 Å². The molecule has 0 radical (unpaired) electrons. The first-order valence-corrected chi connectivity index (χ1v) is 7.62. The minimum absolute atomic E-state index is 0.